The summed E-state index contributed by atoms with van der Waals surface area (Å²) in [6, 6.07) is 0.354. The molecule has 6 heteroatoms. The third-order valence-corrected chi connectivity index (χ3v) is 1.34. The second kappa shape index (κ2) is 6.42. The van der Waals surface area contributed by atoms with Crippen molar-refractivity contribution in [2.24, 2.45) is 0 Å². The predicted molar refractivity (Wildman–Crippen MR) is 49.5 cm³/mol. The van der Waals surface area contributed by atoms with Crippen LogP contribution in [0.25, 0.3) is 0 Å². The average molecular weight is 184 g/mol. The highest BCUT2D eigenvalue weighted by molar-refractivity contribution is 6.30. The fraction of sp³-hybridized carbons (Fsp3) is 0.286. The Kier molecular flexibility index (Phi) is 5.87. The third-order valence-electron chi connectivity index (χ3n) is 1.34. The molecule has 0 amide bonds. The van der Waals surface area contributed by atoms with Crippen LogP contribution in [0, 0.1) is 0 Å². The van der Waals surface area contributed by atoms with Crippen molar-refractivity contribution in [2.75, 3.05) is 0 Å². The topological polar surface area (TPSA) is 78.5 Å². The third kappa shape index (κ3) is 6.09. The van der Waals surface area contributed by atoms with Crippen LogP contribution in [0.4, 0.5) is 0 Å². The Labute approximate surface area is 77.2 Å². The number of hydrogen-bond donors (Lipinski definition) is 3. The minimum atomic E-state index is -2.17. The van der Waals surface area contributed by atoms with Gasteiger partial charge >= 0.3 is 7.32 Å². The molecule has 3 N–H and O–H groups in total. The first-order chi connectivity index (χ1) is 6.07. The Morgan fingerprint density at radius 3 is 2.38 bits per heavy atom. The van der Waals surface area contributed by atoms with Gasteiger partial charge in [0.25, 0.3) is 0 Å². The molecule has 0 aromatic carbocycles. The Morgan fingerprint density at radius 2 is 2.08 bits per heavy atom. The SMILES string of the molecule is C=CC(C)n1ccnc1.OB(O)O. The summed E-state index contributed by atoms with van der Waals surface area (Å²) in [7, 11) is -2.17. The van der Waals surface area contributed by atoms with E-state index in [1.54, 1.807) is 12.5 Å². The van der Waals surface area contributed by atoms with E-state index in [0.29, 0.717) is 6.04 Å². The first-order valence-electron chi connectivity index (χ1n) is 3.72. The summed E-state index contributed by atoms with van der Waals surface area (Å²) < 4.78 is 1.99. The van der Waals surface area contributed by atoms with E-state index < -0.39 is 7.32 Å². The van der Waals surface area contributed by atoms with Crippen molar-refractivity contribution in [2.45, 2.75) is 13.0 Å². The van der Waals surface area contributed by atoms with Gasteiger partial charge in [-0.1, -0.05) is 6.08 Å². The van der Waals surface area contributed by atoms with Crippen molar-refractivity contribution >= 4 is 7.32 Å². The lowest BCUT2D eigenvalue weighted by Crippen LogP contribution is -2.07. The van der Waals surface area contributed by atoms with Gasteiger partial charge in [-0.3, -0.25) is 0 Å². The Morgan fingerprint density at radius 1 is 1.54 bits per heavy atom. The average Bonchev–Trinajstić information content (AvgIpc) is 2.54. The van der Waals surface area contributed by atoms with Crippen LogP contribution < -0.4 is 0 Å². The van der Waals surface area contributed by atoms with Gasteiger partial charge in [-0.15, -0.1) is 6.58 Å². The van der Waals surface area contributed by atoms with Gasteiger partial charge in [-0.05, 0) is 6.92 Å². The summed E-state index contributed by atoms with van der Waals surface area (Å²) in [5.74, 6) is 0. The number of nitrogens with zero attached hydrogens (tertiary/aromatic N) is 2. The van der Waals surface area contributed by atoms with Crippen LogP contribution in [0.3, 0.4) is 0 Å². The van der Waals surface area contributed by atoms with Gasteiger partial charge < -0.3 is 19.6 Å². The summed E-state index contributed by atoms with van der Waals surface area (Å²) in [4.78, 5) is 3.91. The molecule has 1 aromatic heterocycles. The van der Waals surface area contributed by atoms with Crippen LogP contribution in [-0.4, -0.2) is 31.9 Å². The van der Waals surface area contributed by atoms with Crippen molar-refractivity contribution in [1.29, 1.82) is 0 Å². The standard InChI is InChI=1S/C7H10N2.BH3O3/c1-3-7(2)9-5-4-8-6-9;2-1(3)4/h3-7H,1H2,2H3;2-4H. The molecule has 13 heavy (non-hydrogen) atoms. The van der Waals surface area contributed by atoms with Gasteiger partial charge in [0, 0.05) is 18.4 Å². The molecule has 0 saturated heterocycles. The minimum absolute atomic E-state index is 0.354. The number of hydrogen-bond acceptors (Lipinski definition) is 4. The normalized spacial score (nSPS) is 11.1. The van der Waals surface area contributed by atoms with Crippen molar-refractivity contribution in [3.05, 3.63) is 31.4 Å². The molecule has 5 nitrogen and oxygen atoms in total. The first kappa shape index (κ1) is 11.9. The van der Waals surface area contributed by atoms with Crippen molar-refractivity contribution in [3.63, 3.8) is 0 Å². The van der Waals surface area contributed by atoms with E-state index in [0.717, 1.165) is 0 Å². The fourth-order valence-electron chi connectivity index (χ4n) is 0.632. The van der Waals surface area contributed by atoms with Crippen LogP contribution in [0.5, 0.6) is 0 Å². The maximum atomic E-state index is 7.17. The summed E-state index contributed by atoms with van der Waals surface area (Å²) in [5.41, 5.74) is 0. The second-order valence-electron chi connectivity index (χ2n) is 2.33. The Balaban J connectivity index is 0.000000310. The Hall–Kier alpha value is -1.11. The molecule has 0 bridgehead atoms. The molecular formula is C7H13BN2O3. The zero-order chi connectivity index (χ0) is 10.3. The largest absolute Gasteiger partial charge is 0.631 e. The smallest absolute Gasteiger partial charge is 0.402 e. The van der Waals surface area contributed by atoms with Crippen molar-refractivity contribution in [1.82, 2.24) is 9.55 Å². The Bertz CT molecular complexity index is 223. The summed E-state index contributed by atoms with van der Waals surface area (Å²) in [6.07, 6.45) is 7.35. The maximum absolute atomic E-state index is 7.17. The highest BCUT2D eigenvalue weighted by atomic mass is 16.5. The van der Waals surface area contributed by atoms with Gasteiger partial charge in [0.15, 0.2) is 0 Å². The van der Waals surface area contributed by atoms with Crippen molar-refractivity contribution in [3.8, 4) is 0 Å². The van der Waals surface area contributed by atoms with Gasteiger partial charge in [0.2, 0.25) is 0 Å². The molecule has 0 saturated carbocycles. The first-order valence-corrected chi connectivity index (χ1v) is 3.72. The molecule has 0 fully saturated rings. The fourth-order valence-corrected chi connectivity index (χ4v) is 0.632. The van der Waals surface area contributed by atoms with Crippen LogP contribution in [0.1, 0.15) is 13.0 Å². The van der Waals surface area contributed by atoms with E-state index in [-0.39, 0.29) is 0 Å². The second-order valence-corrected chi connectivity index (χ2v) is 2.33. The predicted octanol–water partition coefficient (Wildman–Crippen LogP) is -0.422. The highest BCUT2D eigenvalue weighted by Crippen LogP contribution is 2.03. The lowest BCUT2D eigenvalue weighted by atomic mass is 10.3. The van der Waals surface area contributed by atoms with E-state index in [4.69, 9.17) is 15.1 Å². The molecule has 0 radical (unpaired) electrons. The van der Waals surface area contributed by atoms with E-state index in [1.807, 2.05) is 16.8 Å². The van der Waals surface area contributed by atoms with E-state index >= 15 is 0 Å². The van der Waals surface area contributed by atoms with E-state index in [1.165, 1.54) is 0 Å². The summed E-state index contributed by atoms with van der Waals surface area (Å²) >= 11 is 0. The number of rotatable bonds is 2. The van der Waals surface area contributed by atoms with Gasteiger partial charge in [0.1, 0.15) is 0 Å². The van der Waals surface area contributed by atoms with Crippen LogP contribution >= 0.6 is 0 Å². The lowest BCUT2D eigenvalue weighted by Gasteiger charge is -2.04. The van der Waals surface area contributed by atoms with Gasteiger partial charge in [-0.2, -0.15) is 0 Å². The highest BCUT2D eigenvalue weighted by Gasteiger charge is 1.94. The number of aromatic nitrogens is 2. The van der Waals surface area contributed by atoms with Gasteiger partial charge in [0.05, 0.1) is 6.33 Å². The molecule has 1 rings (SSSR count). The lowest BCUT2D eigenvalue weighted by molar-refractivity contribution is 0.278. The molecule has 0 aliphatic carbocycles. The van der Waals surface area contributed by atoms with Crippen LogP contribution in [-0.2, 0) is 0 Å². The molecule has 72 valence electrons. The molecule has 1 atom stereocenters. The van der Waals surface area contributed by atoms with Crippen molar-refractivity contribution < 1.29 is 15.1 Å². The molecular weight excluding hydrogens is 171 g/mol. The molecule has 0 aliphatic rings. The van der Waals surface area contributed by atoms with Gasteiger partial charge in [-0.25, -0.2) is 4.98 Å². The molecule has 0 spiro atoms. The summed E-state index contributed by atoms with van der Waals surface area (Å²) in [5, 5.41) is 21.5. The summed E-state index contributed by atoms with van der Waals surface area (Å²) in [6.45, 7) is 5.73. The molecule has 1 heterocycles. The van der Waals surface area contributed by atoms with E-state index in [2.05, 4.69) is 18.5 Å². The zero-order valence-corrected chi connectivity index (χ0v) is 7.41. The number of allylic oxidation sites excluding steroid dienone is 1. The van der Waals surface area contributed by atoms with Crippen LogP contribution in [0.2, 0.25) is 0 Å². The molecule has 1 aromatic rings. The van der Waals surface area contributed by atoms with E-state index in [9.17, 15) is 0 Å². The van der Waals surface area contributed by atoms with Crippen LogP contribution in [0.15, 0.2) is 31.4 Å². The monoisotopic (exact) mass is 184 g/mol. The maximum Gasteiger partial charge on any atom is 0.631 e. The zero-order valence-electron chi connectivity index (χ0n) is 7.41. The minimum Gasteiger partial charge on any atom is -0.402 e. The molecule has 0 aliphatic heterocycles. The molecule has 1 unspecified atom stereocenters. The number of imidazole rings is 1. The quantitative estimate of drug-likeness (QED) is 0.430.